The maximum atomic E-state index is 16.2. The Kier molecular flexibility index (Phi) is 5.96. The number of aromatic nitrogens is 2. The molecule has 4 aromatic rings. The number of hydrogen-bond donors (Lipinski definition) is 1. The molecule has 0 radical (unpaired) electrons. The van der Waals surface area contributed by atoms with Gasteiger partial charge in [-0.3, -0.25) is 0 Å². The maximum absolute atomic E-state index is 16.2. The number of hydrogen-bond acceptors (Lipinski definition) is 6. The van der Waals surface area contributed by atoms with Crippen LogP contribution in [0.15, 0.2) is 54.6 Å². The molecule has 0 saturated carbocycles. The Morgan fingerprint density at radius 2 is 1.80 bits per heavy atom. The number of ether oxygens (including phenoxy) is 1. The molecule has 6 nitrogen and oxygen atoms in total. The molecule has 2 fully saturated rings. The first-order valence-corrected chi connectivity index (χ1v) is 12.5. The van der Waals surface area contributed by atoms with Crippen molar-refractivity contribution in [2.45, 2.75) is 18.9 Å². The molecule has 0 spiro atoms. The number of nitrogens with one attached hydrogen (secondary N) is 1. The third-order valence-electron chi connectivity index (χ3n) is 7.31. The molecule has 1 N–H and O–H groups in total. The van der Waals surface area contributed by atoms with Crippen molar-refractivity contribution in [1.29, 1.82) is 0 Å². The van der Waals surface area contributed by atoms with Gasteiger partial charge in [0.1, 0.15) is 23.6 Å². The summed E-state index contributed by atoms with van der Waals surface area (Å²) in [6.45, 7) is 5.07. The molecule has 4 heterocycles. The highest BCUT2D eigenvalue weighted by molar-refractivity contribution is 5.98. The predicted molar refractivity (Wildman–Crippen MR) is 139 cm³/mol. The highest BCUT2D eigenvalue weighted by Gasteiger charge is 2.24. The van der Waals surface area contributed by atoms with Gasteiger partial charge >= 0.3 is 0 Å². The van der Waals surface area contributed by atoms with Crippen molar-refractivity contribution >= 4 is 27.5 Å². The van der Waals surface area contributed by atoms with Gasteiger partial charge < -0.3 is 19.9 Å². The van der Waals surface area contributed by atoms with E-state index in [-0.39, 0.29) is 5.69 Å². The van der Waals surface area contributed by atoms with Crippen molar-refractivity contribution < 1.29 is 9.13 Å². The second-order valence-electron chi connectivity index (χ2n) is 9.50. The number of nitrogens with zero attached hydrogens (tertiary/aromatic N) is 4. The highest BCUT2D eigenvalue weighted by Crippen LogP contribution is 2.36. The first kappa shape index (κ1) is 22.2. The molecule has 0 bridgehead atoms. The van der Waals surface area contributed by atoms with Crippen molar-refractivity contribution in [2.75, 3.05) is 51.3 Å². The molecule has 2 aromatic heterocycles. The Morgan fingerprint density at radius 3 is 2.63 bits per heavy atom. The third-order valence-corrected chi connectivity index (χ3v) is 7.31. The second kappa shape index (κ2) is 9.40. The van der Waals surface area contributed by atoms with Crippen LogP contribution in [0.5, 0.6) is 5.88 Å². The Bertz CT molecular complexity index is 1370. The van der Waals surface area contributed by atoms with E-state index in [2.05, 4.69) is 22.2 Å². The van der Waals surface area contributed by atoms with Crippen LogP contribution < -0.4 is 15.0 Å². The van der Waals surface area contributed by atoms with Gasteiger partial charge in [-0.1, -0.05) is 42.5 Å². The summed E-state index contributed by atoms with van der Waals surface area (Å²) in [6, 6.07) is 18.1. The largest absolute Gasteiger partial charge is 0.475 e. The zero-order valence-corrected chi connectivity index (χ0v) is 20.0. The molecule has 0 unspecified atom stereocenters. The Labute approximate surface area is 204 Å². The summed E-state index contributed by atoms with van der Waals surface area (Å²) >= 11 is 0. The van der Waals surface area contributed by atoms with E-state index < -0.39 is 5.82 Å². The lowest BCUT2D eigenvalue weighted by Crippen LogP contribution is -2.43. The molecule has 2 saturated heterocycles. The summed E-state index contributed by atoms with van der Waals surface area (Å²) in [4.78, 5) is 14.1. The number of likely N-dealkylation sites (N-methyl/N-ethyl adjacent to an activating group) is 1. The van der Waals surface area contributed by atoms with E-state index in [0.29, 0.717) is 29.4 Å². The van der Waals surface area contributed by atoms with Crippen molar-refractivity contribution in [3.63, 3.8) is 0 Å². The van der Waals surface area contributed by atoms with Crippen LogP contribution in [0.3, 0.4) is 0 Å². The van der Waals surface area contributed by atoms with Gasteiger partial charge in [0.15, 0.2) is 5.82 Å². The third kappa shape index (κ3) is 4.19. The van der Waals surface area contributed by atoms with Crippen LogP contribution in [0.1, 0.15) is 12.8 Å². The van der Waals surface area contributed by atoms with Crippen LogP contribution >= 0.6 is 0 Å². The minimum atomic E-state index is -0.404. The first-order valence-electron chi connectivity index (χ1n) is 12.5. The number of rotatable bonds is 5. The Balaban J connectivity index is 1.49. The van der Waals surface area contributed by atoms with Crippen LogP contribution in [0.25, 0.3) is 32.9 Å². The number of halogens is 1. The van der Waals surface area contributed by atoms with Crippen LogP contribution in [0.2, 0.25) is 0 Å². The van der Waals surface area contributed by atoms with E-state index >= 15 is 4.39 Å². The number of benzene rings is 2. The number of piperazine rings is 1. The average Bonchev–Trinajstić information content (AvgIpc) is 3.33. The lowest BCUT2D eigenvalue weighted by atomic mass is 10.0. The SMILES string of the molecule is CN1CCC[C@@H]1COc1nc(-c2cccc3ccccc23)c(F)c2nc(N3CCNCC3)ccc12. The van der Waals surface area contributed by atoms with Crippen LogP contribution in [-0.4, -0.2) is 67.3 Å². The summed E-state index contributed by atoms with van der Waals surface area (Å²) in [5.41, 5.74) is 1.35. The minimum absolute atomic E-state index is 0.286. The lowest BCUT2D eigenvalue weighted by molar-refractivity contribution is 0.195. The van der Waals surface area contributed by atoms with E-state index in [1.807, 2.05) is 54.6 Å². The van der Waals surface area contributed by atoms with Gasteiger partial charge in [0, 0.05) is 37.8 Å². The van der Waals surface area contributed by atoms with Crippen molar-refractivity contribution in [1.82, 2.24) is 20.2 Å². The molecule has 2 aliphatic rings. The molecule has 0 amide bonds. The summed E-state index contributed by atoms with van der Waals surface area (Å²) in [6.07, 6.45) is 2.26. The van der Waals surface area contributed by atoms with Crippen molar-refractivity contribution in [3.05, 3.63) is 60.4 Å². The Morgan fingerprint density at radius 1 is 0.971 bits per heavy atom. The normalized spacial score (nSPS) is 19.0. The second-order valence-corrected chi connectivity index (χ2v) is 9.50. The smallest absolute Gasteiger partial charge is 0.223 e. The number of likely N-dealkylation sites (tertiary alicyclic amines) is 1. The predicted octanol–water partition coefficient (Wildman–Crippen LogP) is 4.47. The minimum Gasteiger partial charge on any atom is -0.475 e. The number of pyridine rings is 2. The van der Waals surface area contributed by atoms with Crippen LogP contribution in [-0.2, 0) is 0 Å². The van der Waals surface area contributed by atoms with E-state index in [4.69, 9.17) is 14.7 Å². The zero-order chi connectivity index (χ0) is 23.8. The van der Waals surface area contributed by atoms with E-state index in [0.717, 1.165) is 61.3 Å². The standard InChI is InChI=1S/C28H30FN5O/c1-33-15-5-8-20(33)18-35-28-23-11-12-24(34-16-13-30-14-17-34)31-27(23)25(29)26(32-28)22-10-4-7-19-6-2-3-9-21(19)22/h2-4,6-7,9-12,20,30H,5,8,13-18H2,1H3/t20-/m1/s1. The molecule has 180 valence electrons. The monoisotopic (exact) mass is 471 g/mol. The fourth-order valence-corrected chi connectivity index (χ4v) is 5.27. The lowest BCUT2D eigenvalue weighted by Gasteiger charge is -2.28. The molecule has 2 aromatic carbocycles. The van der Waals surface area contributed by atoms with Gasteiger partial charge in [-0.05, 0) is 49.3 Å². The quantitative estimate of drug-likeness (QED) is 0.464. The molecular weight excluding hydrogens is 441 g/mol. The van der Waals surface area contributed by atoms with Gasteiger partial charge in [0.05, 0.1) is 5.39 Å². The fraction of sp³-hybridized carbons (Fsp3) is 0.357. The van der Waals surface area contributed by atoms with Gasteiger partial charge in [0.25, 0.3) is 0 Å². The average molecular weight is 472 g/mol. The van der Waals surface area contributed by atoms with E-state index in [1.54, 1.807) is 0 Å². The van der Waals surface area contributed by atoms with E-state index in [1.165, 1.54) is 6.42 Å². The first-order chi connectivity index (χ1) is 17.2. The zero-order valence-electron chi connectivity index (χ0n) is 20.0. The molecule has 35 heavy (non-hydrogen) atoms. The number of fused-ring (bicyclic) bond motifs is 2. The summed E-state index contributed by atoms with van der Waals surface area (Å²) in [5.74, 6) is 0.831. The number of anilines is 1. The summed E-state index contributed by atoms with van der Waals surface area (Å²) in [7, 11) is 2.13. The summed E-state index contributed by atoms with van der Waals surface area (Å²) < 4.78 is 22.5. The summed E-state index contributed by atoms with van der Waals surface area (Å²) in [5, 5.41) is 5.98. The molecule has 2 aliphatic heterocycles. The highest BCUT2D eigenvalue weighted by atomic mass is 19.1. The fourth-order valence-electron chi connectivity index (χ4n) is 5.27. The molecule has 1 atom stereocenters. The maximum Gasteiger partial charge on any atom is 0.223 e. The van der Waals surface area contributed by atoms with Gasteiger partial charge in [-0.15, -0.1) is 0 Å². The topological polar surface area (TPSA) is 53.5 Å². The van der Waals surface area contributed by atoms with Crippen LogP contribution in [0, 0.1) is 5.82 Å². The Hall–Kier alpha value is -3.29. The van der Waals surface area contributed by atoms with Gasteiger partial charge in [-0.25, -0.2) is 14.4 Å². The van der Waals surface area contributed by atoms with Crippen LogP contribution in [0.4, 0.5) is 10.2 Å². The molecule has 0 aliphatic carbocycles. The molecule has 6 rings (SSSR count). The molecule has 7 heteroatoms. The van der Waals surface area contributed by atoms with E-state index in [9.17, 15) is 0 Å². The molecular formula is C28H30FN5O. The van der Waals surface area contributed by atoms with Crippen molar-refractivity contribution in [2.24, 2.45) is 0 Å². The van der Waals surface area contributed by atoms with Crippen molar-refractivity contribution in [3.8, 4) is 17.1 Å². The van der Waals surface area contributed by atoms with Gasteiger partial charge in [0.2, 0.25) is 5.88 Å². The van der Waals surface area contributed by atoms with Gasteiger partial charge in [-0.2, -0.15) is 0 Å².